The van der Waals surface area contributed by atoms with Crippen LogP contribution >= 0.6 is 26.6 Å². The molecule has 1 heterocycles. The zero-order valence-corrected chi connectivity index (χ0v) is 11.5. The van der Waals surface area contributed by atoms with E-state index >= 15 is 0 Å². The molecule has 1 aromatic carbocycles. The van der Waals surface area contributed by atoms with Gasteiger partial charge < -0.3 is 0 Å². The van der Waals surface area contributed by atoms with Crippen LogP contribution in [0.2, 0.25) is 0 Å². The summed E-state index contributed by atoms with van der Waals surface area (Å²) in [7, 11) is 3.49. The Morgan fingerprint density at radius 2 is 2.19 bits per heavy atom. The standard InChI is InChI=1S/C9H8BrClN2O2S/c1-13-7-4-2-3-6(5-16(11,14)15)8(7)9(10)12-13/h2-4H,5H2,1H3. The average Bonchev–Trinajstić information content (AvgIpc) is 2.41. The topological polar surface area (TPSA) is 52.0 Å². The number of hydrogen-bond acceptors (Lipinski definition) is 3. The summed E-state index contributed by atoms with van der Waals surface area (Å²) in [6, 6.07) is 5.39. The van der Waals surface area contributed by atoms with Gasteiger partial charge in [-0.15, -0.1) is 0 Å². The number of benzene rings is 1. The summed E-state index contributed by atoms with van der Waals surface area (Å²) in [4.78, 5) is 0. The Bertz CT molecular complexity index is 651. The summed E-state index contributed by atoms with van der Waals surface area (Å²) in [5.74, 6) is -0.198. The number of nitrogens with zero attached hydrogens (tertiary/aromatic N) is 2. The molecular weight excluding hydrogens is 316 g/mol. The average molecular weight is 324 g/mol. The largest absolute Gasteiger partial charge is 0.267 e. The maximum atomic E-state index is 11.1. The van der Waals surface area contributed by atoms with Crippen LogP contribution in [-0.4, -0.2) is 18.2 Å². The first kappa shape index (κ1) is 11.9. The molecule has 0 spiro atoms. The fraction of sp³-hybridized carbons (Fsp3) is 0.222. The van der Waals surface area contributed by atoms with Gasteiger partial charge in [-0.1, -0.05) is 12.1 Å². The van der Waals surface area contributed by atoms with Crippen molar-refractivity contribution in [3.8, 4) is 0 Å². The predicted molar refractivity (Wildman–Crippen MR) is 66.9 cm³/mol. The lowest BCUT2D eigenvalue weighted by atomic mass is 10.1. The Hall–Kier alpha value is -0.590. The first-order chi connectivity index (χ1) is 7.38. The SMILES string of the molecule is Cn1nc(Br)c2c(CS(=O)(=O)Cl)cccc21. The molecule has 0 aliphatic rings. The minimum absolute atomic E-state index is 0.198. The summed E-state index contributed by atoms with van der Waals surface area (Å²) in [6.07, 6.45) is 0. The van der Waals surface area contributed by atoms with Crippen LogP contribution in [0, 0.1) is 0 Å². The zero-order valence-electron chi connectivity index (χ0n) is 8.31. The van der Waals surface area contributed by atoms with E-state index in [1.807, 2.05) is 6.07 Å². The summed E-state index contributed by atoms with van der Waals surface area (Å²) >= 11 is 3.31. The second kappa shape index (κ2) is 4.01. The molecule has 0 fully saturated rings. The van der Waals surface area contributed by atoms with E-state index in [1.165, 1.54) is 0 Å². The number of aromatic nitrogens is 2. The van der Waals surface area contributed by atoms with Crippen molar-refractivity contribution in [3.05, 3.63) is 28.4 Å². The number of hydrogen-bond donors (Lipinski definition) is 0. The monoisotopic (exact) mass is 322 g/mol. The van der Waals surface area contributed by atoms with Gasteiger partial charge in [-0.05, 0) is 27.6 Å². The molecular formula is C9H8BrClN2O2S. The molecule has 4 nitrogen and oxygen atoms in total. The van der Waals surface area contributed by atoms with Gasteiger partial charge in [0.25, 0.3) is 0 Å². The van der Waals surface area contributed by atoms with Gasteiger partial charge in [0.2, 0.25) is 9.05 Å². The number of aryl methyl sites for hydroxylation is 1. The van der Waals surface area contributed by atoms with Crippen molar-refractivity contribution >= 4 is 46.6 Å². The van der Waals surface area contributed by atoms with Gasteiger partial charge in [0.15, 0.2) is 0 Å². The van der Waals surface area contributed by atoms with Crippen LogP contribution in [0.5, 0.6) is 0 Å². The van der Waals surface area contributed by atoms with Crippen LogP contribution in [0.15, 0.2) is 22.8 Å². The summed E-state index contributed by atoms with van der Waals surface area (Å²) in [5.41, 5.74) is 1.51. The first-order valence-corrected chi connectivity index (χ1v) is 7.68. The van der Waals surface area contributed by atoms with Crippen molar-refractivity contribution in [2.24, 2.45) is 7.05 Å². The van der Waals surface area contributed by atoms with Crippen molar-refractivity contribution in [3.63, 3.8) is 0 Å². The fourth-order valence-corrected chi connectivity index (χ4v) is 3.30. The molecule has 0 aliphatic carbocycles. The van der Waals surface area contributed by atoms with Crippen molar-refractivity contribution in [1.29, 1.82) is 0 Å². The van der Waals surface area contributed by atoms with Crippen LogP contribution in [0.3, 0.4) is 0 Å². The third kappa shape index (κ3) is 2.23. The molecule has 2 rings (SSSR count). The van der Waals surface area contributed by atoms with Gasteiger partial charge >= 0.3 is 0 Å². The summed E-state index contributed by atoms with van der Waals surface area (Å²) < 4.78 is 24.5. The number of halogens is 2. The van der Waals surface area contributed by atoms with Crippen LogP contribution in [0.25, 0.3) is 10.9 Å². The van der Waals surface area contributed by atoms with Crippen molar-refractivity contribution < 1.29 is 8.42 Å². The van der Waals surface area contributed by atoms with Crippen LogP contribution < -0.4 is 0 Å². The fourth-order valence-electron chi connectivity index (χ4n) is 1.64. The molecule has 0 bridgehead atoms. The van der Waals surface area contributed by atoms with Gasteiger partial charge in [-0.3, -0.25) is 4.68 Å². The Balaban J connectivity index is 2.71. The van der Waals surface area contributed by atoms with Crippen LogP contribution in [0.4, 0.5) is 0 Å². The molecule has 0 N–H and O–H groups in total. The maximum absolute atomic E-state index is 11.1. The Morgan fingerprint density at radius 1 is 1.50 bits per heavy atom. The highest BCUT2D eigenvalue weighted by Crippen LogP contribution is 2.28. The van der Waals surface area contributed by atoms with E-state index in [2.05, 4.69) is 21.0 Å². The normalized spacial score (nSPS) is 12.2. The predicted octanol–water partition coefficient (Wildman–Crippen LogP) is 2.40. The lowest BCUT2D eigenvalue weighted by Crippen LogP contribution is -1.96. The third-order valence-electron chi connectivity index (χ3n) is 2.25. The van der Waals surface area contributed by atoms with E-state index in [-0.39, 0.29) is 5.75 Å². The Kier molecular flexibility index (Phi) is 2.98. The molecule has 0 amide bonds. The van der Waals surface area contributed by atoms with E-state index in [0.717, 1.165) is 10.9 Å². The Morgan fingerprint density at radius 3 is 2.81 bits per heavy atom. The van der Waals surface area contributed by atoms with Crippen LogP contribution in [-0.2, 0) is 21.9 Å². The van der Waals surface area contributed by atoms with E-state index in [1.54, 1.807) is 23.9 Å². The first-order valence-electron chi connectivity index (χ1n) is 4.41. The Labute approximate surface area is 106 Å². The minimum atomic E-state index is -3.56. The molecule has 86 valence electrons. The molecule has 7 heteroatoms. The van der Waals surface area contributed by atoms with Gasteiger partial charge in [-0.2, -0.15) is 5.10 Å². The molecule has 0 unspecified atom stereocenters. The highest BCUT2D eigenvalue weighted by Gasteiger charge is 2.15. The third-order valence-corrected chi connectivity index (χ3v) is 3.79. The summed E-state index contributed by atoms with van der Waals surface area (Å²) in [6.45, 7) is 0. The van der Waals surface area contributed by atoms with Gasteiger partial charge in [0, 0.05) is 23.1 Å². The van der Waals surface area contributed by atoms with Crippen molar-refractivity contribution in [2.45, 2.75) is 5.75 Å². The molecule has 0 atom stereocenters. The molecule has 2 aromatic rings. The number of fused-ring (bicyclic) bond motifs is 1. The zero-order chi connectivity index (χ0) is 11.9. The van der Waals surface area contributed by atoms with Crippen molar-refractivity contribution in [1.82, 2.24) is 9.78 Å². The molecule has 0 saturated carbocycles. The van der Waals surface area contributed by atoms with E-state index < -0.39 is 9.05 Å². The second-order valence-electron chi connectivity index (χ2n) is 3.41. The van der Waals surface area contributed by atoms with E-state index in [4.69, 9.17) is 10.7 Å². The smallest absolute Gasteiger partial charge is 0.236 e. The van der Waals surface area contributed by atoms with E-state index in [9.17, 15) is 8.42 Å². The van der Waals surface area contributed by atoms with Gasteiger partial charge in [0.1, 0.15) is 4.60 Å². The van der Waals surface area contributed by atoms with Gasteiger partial charge in [-0.25, -0.2) is 8.42 Å². The summed E-state index contributed by atoms with van der Waals surface area (Å²) in [5, 5.41) is 4.96. The van der Waals surface area contributed by atoms with E-state index in [0.29, 0.717) is 10.2 Å². The van der Waals surface area contributed by atoms with Crippen LogP contribution in [0.1, 0.15) is 5.56 Å². The van der Waals surface area contributed by atoms with Gasteiger partial charge in [0.05, 0.1) is 11.3 Å². The lowest BCUT2D eigenvalue weighted by Gasteiger charge is -2.01. The second-order valence-corrected chi connectivity index (χ2v) is 6.94. The molecule has 0 aliphatic heterocycles. The lowest BCUT2D eigenvalue weighted by molar-refractivity contribution is 0.609. The quantitative estimate of drug-likeness (QED) is 0.798. The highest BCUT2D eigenvalue weighted by molar-refractivity contribution is 9.10. The molecule has 16 heavy (non-hydrogen) atoms. The minimum Gasteiger partial charge on any atom is -0.267 e. The maximum Gasteiger partial charge on any atom is 0.236 e. The number of rotatable bonds is 2. The molecule has 0 saturated heterocycles. The van der Waals surface area contributed by atoms with Crippen molar-refractivity contribution in [2.75, 3.05) is 0 Å². The molecule has 0 radical (unpaired) electrons. The highest BCUT2D eigenvalue weighted by atomic mass is 79.9. The molecule has 1 aromatic heterocycles.